The molecule has 0 unspecified atom stereocenters. The van der Waals surface area contributed by atoms with Crippen molar-refractivity contribution < 1.29 is 14.0 Å². The highest BCUT2D eigenvalue weighted by Gasteiger charge is 2.39. The Labute approximate surface area is 149 Å². The van der Waals surface area contributed by atoms with E-state index in [0.717, 1.165) is 29.9 Å². The molecule has 0 saturated carbocycles. The van der Waals surface area contributed by atoms with E-state index in [1.807, 2.05) is 29.6 Å². The maximum atomic E-state index is 12.8. The first kappa shape index (κ1) is 17.0. The van der Waals surface area contributed by atoms with Crippen LogP contribution in [-0.2, 0) is 15.3 Å². The quantitative estimate of drug-likeness (QED) is 0.511. The zero-order valence-corrected chi connectivity index (χ0v) is 15.1. The first-order chi connectivity index (χ1) is 11.7. The Hall–Kier alpha value is -1.79. The number of thiophene rings is 1. The molecule has 0 fully saturated rings. The van der Waals surface area contributed by atoms with Crippen LogP contribution in [0.5, 0.6) is 0 Å². The van der Waals surface area contributed by atoms with Gasteiger partial charge in [-0.3, -0.25) is 14.5 Å². The van der Waals surface area contributed by atoms with Gasteiger partial charge in [-0.1, -0.05) is 25.8 Å². The smallest absolute Gasteiger partial charge is 0.268 e. The molecule has 6 heteroatoms. The number of imide groups is 1. The summed E-state index contributed by atoms with van der Waals surface area (Å²) in [6.07, 6.45) is 4.53. The van der Waals surface area contributed by atoms with E-state index in [-0.39, 0.29) is 11.8 Å². The van der Waals surface area contributed by atoms with Gasteiger partial charge in [0.2, 0.25) is 0 Å². The monoisotopic (exact) mass is 361 g/mol. The van der Waals surface area contributed by atoms with Gasteiger partial charge in [0.15, 0.2) is 0 Å². The SMILES string of the molecule is CCCCCN1C(=O)C(SCc2ccco2)=C(c2cccs2)C1=O. The fourth-order valence-electron chi connectivity index (χ4n) is 2.59. The average molecular weight is 361 g/mol. The summed E-state index contributed by atoms with van der Waals surface area (Å²) in [5, 5.41) is 1.93. The molecule has 2 aromatic heterocycles. The molecule has 3 rings (SSSR count). The predicted molar refractivity (Wildman–Crippen MR) is 97.5 cm³/mol. The number of furan rings is 1. The van der Waals surface area contributed by atoms with Gasteiger partial charge in [-0.25, -0.2) is 0 Å². The molecule has 0 atom stereocenters. The number of thioether (sulfide) groups is 1. The van der Waals surface area contributed by atoms with Crippen LogP contribution in [0, 0.1) is 0 Å². The van der Waals surface area contributed by atoms with E-state index >= 15 is 0 Å². The molecule has 2 aromatic rings. The first-order valence-electron chi connectivity index (χ1n) is 8.02. The minimum Gasteiger partial charge on any atom is -0.468 e. The molecule has 0 bridgehead atoms. The van der Waals surface area contributed by atoms with E-state index in [0.29, 0.717) is 22.8 Å². The number of hydrogen-bond donors (Lipinski definition) is 0. The van der Waals surface area contributed by atoms with E-state index in [1.54, 1.807) is 6.26 Å². The van der Waals surface area contributed by atoms with Crippen LogP contribution < -0.4 is 0 Å². The van der Waals surface area contributed by atoms with E-state index < -0.39 is 0 Å². The lowest BCUT2D eigenvalue weighted by Crippen LogP contribution is -2.32. The van der Waals surface area contributed by atoms with Gasteiger partial charge in [0.05, 0.1) is 22.5 Å². The van der Waals surface area contributed by atoms with Gasteiger partial charge >= 0.3 is 0 Å². The van der Waals surface area contributed by atoms with Crippen LogP contribution in [0.1, 0.15) is 36.8 Å². The highest BCUT2D eigenvalue weighted by molar-refractivity contribution is 8.03. The second-order valence-corrected chi connectivity index (χ2v) is 7.45. The Morgan fingerprint density at radius 2 is 2.04 bits per heavy atom. The Bertz CT molecular complexity index is 732. The van der Waals surface area contributed by atoms with Crippen molar-refractivity contribution in [2.45, 2.75) is 31.9 Å². The van der Waals surface area contributed by atoms with E-state index in [4.69, 9.17) is 4.42 Å². The van der Waals surface area contributed by atoms with Crippen LogP contribution in [0.2, 0.25) is 0 Å². The topological polar surface area (TPSA) is 50.5 Å². The normalized spacial score (nSPS) is 15.0. The molecular formula is C18H19NO3S2. The average Bonchev–Trinajstić information content (AvgIpc) is 3.30. The summed E-state index contributed by atoms with van der Waals surface area (Å²) in [4.78, 5) is 28.4. The zero-order chi connectivity index (χ0) is 16.9. The largest absolute Gasteiger partial charge is 0.468 e. The molecule has 1 aliphatic rings. The van der Waals surface area contributed by atoms with Gasteiger partial charge in [0.1, 0.15) is 5.76 Å². The van der Waals surface area contributed by atoms with Crippen molar-refractivity contribution in [2.24, 2.45) is 0 Å². The van der Waals surface area contributed by atoms with Crippen LogP contribution in [-0.4, -0.2) is 23.3 Å². The molecule has 4 nitrogen and oxygen atoms in total. The number of nitrogens with zero attached hydrogens (tertiary/aromatic N) is 1. The Kier molecular flexibility index (Phi) is 5.58. The van der Waals surface area contributed by atoms with Crippen molar-refractivity contribution in [1.82, 2.24) is 4.90 Å². The zero-order valence-electron chi connectivity index (χ0n) is 13.5. The standard InChI is InChI=1S/C18H19NO3S2/c1-2-3-4-9-19-17(20)15(14-8-6-11-23-14)16(18(19)21)24-12-13-7-5-10-22-13/h5-8,10-11H,2-4,9,12H2,1H3. The van der Waals surface area contributed by atoms with Gasteiger partial charge < -0.3 is 4.42 Å². The Morgan fingerprint density at radius 1 is 1.17 bits per heavy atom. The highest BCUT2D eigenvalue weighted by atomic mass is 32.2. The van der Waals surface area contributed by atoms with Crippen molar-refractivity contribution in [3.63, 3.8) is 0 Å². The molecule has 0 radical (unpaired) electrons. The van der Waals surface area contributed by atoms with Crippen molar-refractivity contribution in [3.8, 4) is 0 Å². The van der Waals surface area contributed by atoms with Gasteiger partial charge in [0.25, 0.3) is 11.8 Å². The van der Waals surface area contributed by atoms with E-state index in [9.17, 15) is 9.59 Å². The van der Waals surface area contributed by atoms with Crippen LogP contribution >= 0.6 is 23.1 Å². The number of amides is 2. The van der Waals surface area contributed by atoms with Crippen LogP contribution in [0.3, 0.4) is 0 Å². The van der Waals surface area contributed by atoms with E-state index in [1.165, 1.54) is 28.0 Å². The second kappa shape index (κ2) is 7.85. The van der Waals surface area contributed by atoms with Gasteiger partial charge in [-0.05, 0) is 30.0 Å². The minimum atomic E-state index is -0.170. The molecule has 0 saturated heterocycles. The highest BCUT2D eigenvalue weighted by Crippen LogP contribution is 2.39. The maximum Gasteiger partial charge on any atom is 0.268 e. The van der Waals surface area contributed by atoms with Crippen LogP contribution in [0.4, 0.5) is 0 Å². The van der Waals surface area contributed by atoms with Crippen LogP contribution in [0.15, 0.2) is 45.2 Å². The molecular weight excluding hydrogens is 342 g/mol. The lowest BCUT2D eigenvalue weighted by molar-refractivity contribution is -0.136. The van der Waals surface area contributed by atoms with Crippen molar-refractivity contribution >= 4 is 40.5 Å². The van der Waals surface area contributed by atoms with Crippen molar-refractivity contribution in [2.75, 3.05) is 6.54 Å². The summed E-state index contributed by atoms with van der Waals surface area (Å²) in [6, 6.07) is 7.50. The lowest BCUT2D eigenvalue weighted by atomic mass is 10.2. The van der Waals surface area contributed by atoms with Gasteiger partial charge in [-0.15, -0.1) is 23.1 Å². The summed E-state index contributed by atoms with van der Waals surface area (Å²) in [7, 11) is 0. The summed E-state index contributed by atoms with van der Waals surface area (Å²) in [5.74, 6) is 0.998. The predicted octanol–water partition coefficient (Wildman–Crippen LogP) is 4.54. The molecule has 1 aliphatic heterocycles. The fourth-order valence-corrected chi connectivity index (χ4v) is 4.45. The summed E-state index contributed by atoms with van der Waals surface area (Å²) in [6.45, 7) is 2.60. The molecule has 24 heavy (non-hydrogen) atoms. The van der Waals surface area contributed by atoms with Crippen molar-refractivity contribution in [1.29, 1.82) is 0 Å². The number of carbonyl (C=O) groups excluding carboxylic acids is 2. The third kappa shape index (κ3) is 3.49. The third-order valence-electron chi connectivity index (χ3n) is 3.82. The number of carbonyl (C=O) groups is 2. The molecule has 3 heterocycles. The van der Waals surface area contributed by atoms with E-state index in [2.05, 4.69) is 6.92 Å². The van der Waals surface area contributed by atoms with Crippen LogP contribution in [0.25, 0.3) is 5.57 Å². The maximum absolute atomic E-state index is 12.8. The summed E-state index contributed by atoms with van der Waals surface area (Å²) in [5.41, 5.74) is 0.544. The minimum absolute atomic E-state index is 0.166. The van der Waals surface area contributed by atoms with Crippen molar-refractivity contribution in [3.05, 3.63) is 51.5 Å². The number of rotatable bonds is 8. The number of unbranched alkanes of at least 4 members (excludes halogenated alkanes) is 2. The molecule has 0 N–H and O–H groups in total. The molecule has 2 amide bonds. The Morgan fingerprint density at radius 3 is 2.71 bits per heavy atom. The fraction of sp³-hybridized carbons (Fsp3) is 0.333. The Balaban J connectivity index is 1.83. The first-order valence-corrected chi connectivity index (χ1v) is 9.88. The molecule has 0 spiro atoms. The third-order valence-corrected chi connectivity index (χ3v) is 5.80. The number of hydrogen-bond acceptors (Lipinski definition) is 5. The molecule has 0 aromatic carbocycles. The molecule has 126 valence electrons. The second-order valence-electron chi connectivity index (χ2n) is 5.52. The molecule has 0 aliphatic carbocycles. The summed E-state index contributed by atoms with van der Waals surface area (Å²) >= 11 is 2.87. The van der Waals surface area contributed by atoms with Gasteiger partial charge in [-0.2, -0.15) is 0 Å². The summed E-state index contributed by atoms with van der Waals surface area (Å²) < 4.78 is 5.34. The lowest BCUT2D eigenvalue weighted by Gasteiger charge is -2.14. The van der Waals surface area contributed by atoms with Gasteiger partial charge in [0, 0.05) is 11.4 Å².